The van der Waals surface area contributed by atoms with Crippen molar-refractivity contribution in [2.45, 2.75) is 33.1 Å². The van der Waals surface area contributed by atoms with Gasteiger partial charge in [-0.2, -0.15) is 0 Å². The summed E-state index contributed by atoms with van der Waals surface area (Å²) in [4.78, 5) is 26.5. The van der Waals surface area contributed by atoms with E-state index < -0.39 is 0 Å². The Kier molecular flexibility index (Phi) is 7.67. The molecule has 0 radical (unpaired) electrons. The summed E-state index contributed by atoms with van der Waals surface area (Å²) in [5.41, 5.74) is 2.84. The van der Waals surface area contributed by atoms with E-state index >= 15 is 0 Å². The maximum absolute atomic E-state index is 12.5. The number of hydrogen-bond acceptors (Lipinski definition) is 2. The van der Waals surface area contributed by atoms with Crippen molar-refractivity contribution in [1.29, 1.82) is 0 Å². The van der Waals surface area contributed by atoms with E-state index in [1.807, 2.05) is 62.4 Å². The van der Waals surface area contributed by atoms with E-state index in [1.165, 1.54) is 0 Å². The summed E-state index contributed by atoms with van der Waals surface area (Å²) in [6, 6.07) is 15.1. The summed E-state index contributed by atoms with van der Waals surface area (Å²) in [5, 5.41) is 3.57. The van der Waals surface area contributed by atoms with Gasteiger partial charge >= 0.3 is 0 Å². The van der Waals surface area contributed by atoms with E-state index in [4.69, 9.17) is 11.6 Å². The maximum Gasteiger partial charge on any atom is 0.244 e. The second-order valence-corrected chi connectivity index (χ2v) is 6.74. The minimum absolute atomic E-state index is 0.0123. The van der Waals surface area contributed by atoms with Crippen LogP contribution in [0.25, 0.3) is 0 Å². The third-order valence-corrected chi connectivity index (χ3v) is 4.39. The highest BCUT2D eigenvalue weighted by Crippen LogP contribution is 2.14. The van der Waals surface area contributed by atoms with Crippen LogP contribution in [0.1, 0.15) is 30.9 Å². The summed E-state index contributed by atoms with van der Waals surface area (Å²) in [6.07, 6.45) is 1.82. The molecule has 138 valence electrons. The van der Waals surface area contributed by atoms with Crippen LogP contribution >= 0.6 is 11.6 Å². The van der Waals surface area contributed by atoms with Crippen molar-refractivity contribution in [2.24, 2.45) is 0 Å². The first-order chi connectivity index (χ1) is 12.5. The number of carbonyl (C=O) groups excluding carboxylic acids is 2. The smallest absolute Gasteiger partial charge is 0.244 e. The van der Waals surface area contributed by atoms with Crippen LogP contribution in [-0.4, -0.2) is 29.8 Å². The second-order valence-electron chi connectivity index (χ2n) is 6.30. The van der Waals surface area contributed by atoms with Crippen LogP contribution < -0.4 is 5.32 Å². The van der Waals surface area contributed by atoms with Gasteiger partial charge in [-0.3, -0.25) is 9.59 Å². The van der Waals surface area contributed by atoms with Crippen LogP contribution in [0, 0.1) is 6.92 Å². The number of halogens is 1. The molecule has 0 fully saturated rings. The lowest BCUT2D eigenvalue weighted by Crippen LogP contribution is -2.38. The number of para-hydroxylation sites is 1. The van der Waals surface area contributed by atoms with Gasteiger partial charge in [0.25, 0.3) is 0 Å². The summed E-state index contributed by atoms with van der Waals surface area (Å²) in [6.45, 7) is 4.58. The first-order valence-corrected chi connectivity index (χ1v) is 9.25. The fourth-order valence-electron chi connectivity index (χ4n) is 2.70. The molecule has 4 nitrogen and oxygen atoms in total. The van der Waals surface area contributed by atoms with E-state index in [9.17, 15) is 9.59 Å². The highest BCUT2D eigenvalue weighted by atomic mass is 35.5. The number of hydrogen-bond donors (Lipinski definition) is 1. The quantitative estimate of drug-likeness (QED) is 0.743. The lowest BCUT2D eigenvalue weighted by Gasteiger charge is -2.22. The SMILES string of the molecule is CCCN(CC(=O)Nc1ccccc1C)C(=O)CCc1ccc(Cl)cc1. The van der Waals surface area contributed by atoms with Gasteiger partial charge in [-0.25, -0.2) is 0 Å². The molecular weight excluding hydrogens is 348 g/mol. The van der Waals surface area contributed by atoms with Crippen LogP contribution in [0.3, 0.4) is 0 Å². The van der Waals surface area contributed by atoms with Gasteiger partial charge in [-0.15, -0.1) is 0 Å². The van der Waals surface area contributed by atoms with E-state index in [-0.39, 0.29) is 18.4 Å². The lowest BCUT2D eigenvalue weighted by atomic mass is 10.1. The minimum atomic E-state index is -0.174. The van der Waals surface area contributed by atoms with Crippen molar-refractivity contribution in [3.8, 4) is 0 Å². The fraction of sp³-hybridized carbons (Fsp3) is 0.333. The Morgan fingerprint density at radius 2 is 1.77 bits per heavy atom. The van der Waals surface area contributed by atoms with Crippen molar-refractivity contribution in [3.63, 3.8) is 0 Å². The van der Waals surface area contributed by atoms with Crippen LogP contribution in [0.15, 0.2) is 48.5 Å². The molecule has 2 aromatic carbocycles. The molecule has 0 heterocycles. The highest BCUT2D eigenvalue weighted by Gasteiger charge is 2.17. The molecule has 0 saturated carbocycles. The average Bonchev–Trinajstić information content (AvgIpc) is 2.62. The average molecular weight is 373 g/mol. The molecule has 2 aromatic rings. The molecule has 1 N–H and O–H groups in total. The molecule has 0 aromatic heterocycles. The number of benzene rings is 2. The summed E-state index contributed by atoms with van der Waals surface area (Å²) >= 11 is 5.88. The summed E-state index contributed by atoms with van der Waals surface area (Å²) in [7, 11) is 0. The normalized spacial score (nSPS) is 10.4. The largest absolute Gasteiger partial charge is 0.333 e. The molecule has 0 saturated heterocycles. The monoisotopic (exact) mass is 372 g/mol. The Morgan fingerprint density at radius 1 is 1.08 bits per heavy atom. The zero-order valence-corrected chi connectivity index (χ0v) is 16.1. The first kappa shape index (κ1) is 20.0. The molecule has 0 bridgehead atoms. The lowest BCUT2D eigenvalue weighted by molar-refractivity contribution is -0.134. The Bertz CT molecular complexity index is 744. The third-order valence-electron chi connectivity index (χ3n) is 4.14. The molecule has 0 atom stereocenters. The topological polar surface area (TPSA) is 49.4 Å². The Hall–Kier alpha value is -2.33. The van der Waals surface area contributed by atoms with E-state index in [0.29, 0.717) is 24.4 Å². The number of anilines is 1. The van der Waals surface area contributed by atoms with Crippen molar-refractivity contribution >= 4 is 29.1 Å². The van der Waals surface area contributed by atoms with Gasteiger partial charge in [0.15, 0.2) is 0 Å². The maximum atomic E-state index is 12.5. The van der Waals surface area contributed by atoms with Crippen molar-refractivity contribution in [2.75, 3.05) is 18.4 Å². The number of amides is 2. The zero-order valence-electron chi connectivity index (χ0n) is 15.3. The molecule has 5 heteroatoms. The molecule has 0 spiro atoms. The van der Waals surface area contributed by atoms with Crippen molar-refractivity contribution in [3.05, 3.63) is 64.7 Å². The van der Waals surface area contributed by atoms with E-state index in [1.54, 1.807) is 4.90 Å². The zero-order chi connectivity index (χ0) is 18.9. The first-order valence-electron chi connectivity index (χ1n) is 8.87. The highest BCUT2D eigenvalue weighted by molar-refractivity contribution is 6.30. The van der Waals surface area contributed by atoms with Crippen LogP contribution in [0.2, 0.25) is 5.02 Å². The van der Waals surface area contributed by atoms with Crippen molar-refractivity contribution < 1.29 is 9.59 Å². The third kappa shape index (κ3) is 6.19. The van der Waals surface area contributed by atoms with E-state index in [2.05, 4.69) is 5.32 Å². The number of nitrogens with zero attached hydrogens (tertiary/aromatic N) is 1. The van der Waals surface area contributed by atoms with Crippen molar-refractivity contribution in [1.82, 2.24) is 4.90 Å². The van der Waals surface area contributed by atoms with Gasteiger partial charge in [-0.05, 0) is 49.1 Å². The standard InChI is InChI=1S/C21H25ClN2O2/c1-3-14-24(15-20(25)23-19-7-5-4-6-16(19)2)21(26)13-10-17-8-11-18(22)12-9-17/h4-9,11-12H,3,10,13-15H2,1-2H3,(H,23,25). The van der Waals surface area contributed by atoms with Gasteiger partial charge in [-0.1, -0.05) is 48.9 Å². The molecule has 0 aliphatic carbocycles. The van der Waals surface area contributed by atoms with Gasteiger partial charge in [0.05, 0.1) is 6.54 Å². The number of nitrogens with one attached hydrogen (secondary N) is 1. The second kappa shape index (κ2) is 9.97. The molecule has 0 aliphatic heterocycles. The van der Waals surface area contributed by atoms with Crippen LogP contribution in [-0.2, 0) is 16.0 Å². The van der Waals surface area contributed by atoms with Gasteiger partial charge in [0.1, 0.15) is 0 Å². The molecule has 2 amide bonds. The number of rotatable bonds is 8. The minimum Gasteiger partial charge on any atom is -0.333 e. The number of aryl methyl sites for hydroxylation is 2. The van der Waals surface area contributed by atoms with Crippen LogP contribution in [0.5, 0.6) is 0 Å². The Labute approximate surface area is 160 Å². The molecule has 2 rings (SSSR count). The van der Waals surface area contributed by atoms with E-state index in [0.717, 1.165) is 23.2 Å². The van der Waals surface area contributed by atoms with Gasteiger partial charge in [0, 0.05) is 23.7 Å². The summed E-state index contributed by atoms with van der Waals surface area (Å²) < 4.78 is 0. The summed E-state index contributed by atoms with van der Waals surface area (Å²) in [5.74, 6) is -0.186. The number of carbonyl (C=O) groups is 2. The Morgan fingerprint density at radius 3 is 2.42 bits per heavy atom. The predicted octanol–water partition coefficient (Wildman–Crippen LogP) is 4.46. The van der Waals surface area contributed by atoms with Crippen LogP contribution in [0.4, 0.5) is 5.69 Å². The molecule has 26 heavy (non-hydrogen) atoms. The van der Waals surface area contributed by atoms with Gasteiger partial charge < -0.3 is 10.2 Å². The molecular formula is C21H25ClN2O2. The fourth-order valence-corrected chi connectivity index (χ4v) is 2.82. The molecule has 0 unspecified atom stereocenters. The van der Waals surface area contributed by atoms with Gasteiger partial charge in [0.2, 0.25) is 11.8 Å². The molecule has 0 aliphatic rings. The predicted molar refractivity (Wildman–Crippen MR) is 106 cm³/mol. The Balaban J connectivity index is 1.91.